The second-order valence-corrected chi connectivity index (χ2v) is 4.37. The van der Waals surface area contributed by atoms with Crippen LogP contribution in [0.15, 0.2) is 22.9 Å². The van der Waals surface area contributed by atoms with Gasteiger partial charge in [0, 0.05) is 12.5 Å². The minimum Gasteiger partial charge on any atom is -0.382 e. The zero-order chi connectivity index (χ0) is 13.3. The number of nitrogens with zero attached hydrogens (tertiary/aromatic N) is 2. The van der Waals surface area contributed by atoms with Gasteiger partial charge < -0.3 is 5.73 Å². The van der Waals surface area contributed by atoms with Crippen LogP contribution < -0.4 is 5.73 Å². The quantitative estimate of drug-likeness (QED) is 0.866. The van der Waals surface area contributed by atoms with E-state index in [1.54, 1.807) is 0 Å². The Kier molecular flexibility index (Phi) is 3.51. The number of benzene rings is 1. The van der Waals surface area contributed by atoms with Crippen molar-refractivity contribution in [2.24, 2.45) is 0 Å². The Morgan fingerprint density at radius 2 is 1.78 bits per heavy atom. The third-order valence-corrected chi connectivity index (χ3v) is 2.68. The zero-order valence-electron chi connectivity index (χ0n) is 8.92. The summed E-state index contributed by atoms with van der Waals surface area (Å²) in [4.78, 5) is 7.83. The number of hydrogen-bond acceptors (Lipinski definition) is 3. The zero-order valence-corrected chi connectivity index (χ0v) is 10.5. The van der Waals surface area contributed by atoms with Crippen LogP contribution in [0.4, 0.5) is 19.0 Å². The van der Waals surface area contributed by atoms with E-state index in [0.717, 1.165) is 6.07 Å². The van der Waals surface area contributed by atoms with Gasteiger partial charge in [-0.05, 0) is 27.6 Å². The summed E-state index contributed by atoms with van der Waals surface area (Å²) in [6.45, 7) is 0. The molecule has 2 N–H and O–H groups in total. The van der Waals surface area contributed by atoms with E-state index in [1.807, 2.05) is 0 Å². The summed E-state index contributed by atoms with van der Waals surface area (Å²) in [5.74, 6) is -3.09. The smallest absolute Gasteiger partial charge is 0.161 e. The van der Waals surface area contributed by atoms with E-state index in [1.165, 1.54) is 6.20 Å². The van der Waals surface area contributed by atoms with Gasteiger partial charge in [0.15, 0.2) is 11.6 Å². The molecule has 0 saturated heterocycles. The van der Waals surface area contributed by atoms with Gasteiger partial charge in [-0.25, -0.2) is 23.1 Å². The van der Waals surface area contributed by atoms with E-state index >= 15 is 0 Å². The fourth-order valence-electron chi connectivity index (χ4n) is 1.42. The lowest BCUT2D eigenvalue weighted by atomic mass is 10.1. The molecule has 0 aliphatic rings. The topological polar surface area (TPSA) is 51.8 Å². The molecule has 0 bridgehead atoms. The first kappa shape index (κ1) is 12.8. The Hall–Kier alpha value is -1.63. The predicted octanol–water partition coefficient (Wildman–Crippen LogP) is 2.83. The van der Waals surface area contributed by atoms with Crippen LogP contribution in [0, 0.1) is 17.5 Å². The first-order valence-electron chi connectivity index (χ1n) is 4.87. The minimum absolute atomic E-state index is 0.0343. The van der Waals surface area contributed by atoms with Crippen molar-refractivity contribution in [1.82, 2.24) is 9.97 Å². The molecule has 0 aliphatic carbocycles. The molecule has 0 fully saturated rings. The molecule has 0 aliphatic heterocycles. The Morgan fingerprint density at radius 1 is 1.11 bits per heavy atom. The molecular formula is C11H7BrF3N3. The SMILES string of the molecule is Nc1ncc(Br)nc1Cc1cc(F)c(F)cc1F. The molecule has 0 unspecified atom stereocenters. The Morgan fingerprint density at radius 3 is 2.50 bits per heavy atom. The van der Waals surface area contributed by atoms with Crippen LogP contribution in [0.25, 0.3) is 0 Å². The highest BCUT2D eigenvalue weighted by Gasteiger charge is 2.13. The van der Waals surface area contributed by atoms with Crippen LogP contribution >= 0.6 is 15.9 Å². The van der Waals surface area contributed by atoms with E-state index in [9.17, 15) is 13.2 Å². The number of halogens is 4. The lowest BCUT2D eigenvalue weighted by Gasteiger charge is -2.06. The molecule has 0 amide bonds. The van der Waals surface area contributed by atoms with Gasteiger partial charge >= 0.3 is 0 Å². The van der Waals surface area contributed by atoms with E-state index in [2.05, 4.69) is 25.9 Å². The first-order valence-corrected chi connectivity index (χ1v) is 5.67. The molecular weight excluding hydrogens is 311 g/mol. The maximum absolute atomic E-state index is 13.4. The summed E-state index contributed by atoms with van der Waals surface area (Å²) < 4.78 is 39.7. The fourth-order valence-corrected chi connectivity index (χ4v) is 1.74. The number of hydrogen-bond donors (Lipinski definition) is 1. The molecule has 1 heterocycles. The molecule has 3 nitrogen and oxygen atoms in total. The molecule has 0 spiro atoms. The number of anilines is 1. The Labute approximate surface area is 109 Å². The molecule has 2 rings (SSSR count). The van der Waals surface area contributed by atoms with Gasteiger partial charge in [-0.1, -0.05) is 0 Å². The van der Waals surface area contributed by atoms with Gasteiger partial charge in [-0.2, -0.15) is 0 Å². The van der Waals surface area contributed by atoms with Crippen LogP contribution in [0.2, 0.25) is 0 Å². The van der Waals surface area contributed by atoms with Crippen molar-refractivity contribution in [2.45, 2.75) is 6.42 Å². The monoisotopic (exact) mass is 317 g/mol. The van der Waals surface area contributed by atoms with Gasteiger partial charge in [-0.3, -0.25) is 0 Å². The Balaban J connectivity index is 2.40. The van der Waals surface area contributed by atoms with Crippen LogP contribution in [0.5, 0.6) is 0 Å². The molecule has 94 valence electrons. The van der Waals surface area contributed by atoms with Gasteiger partial charge in [0.25, 0.3) is 0 Å². The maximum atomic E-state index is 13.4. The normalized spacial score (nSPS) is 10.7. The molecule has 1 aromatic carbocycles. The number of aromatic nitrogens is 2. The second kappa shape index (κ2) is 4.93. The number of nitrogen functional groups attached to an aromatic ring is 1. The summed E-state index contributed by atoms with van der Waals surface area (Å²) in [5.41, 5.74) is 5.82. The third kappa shape index (κ3) is 2.61. The highest BCUT2D eigenvalue weighted by atomic mass is 79.9. The molecule has 18 heavy (non-hydrogen) atoms. The van der Waals surface area contributed by atoms with Crippen molar-refractivity contribution in [3.63, 3.8) is 0 Å². The number of rotatable bonds is 2. The van der Waals surface area contributed by atoms with Crippen molar-refractivity contribution >= 4 is 21.7 Å². The molecule has 2 aromatic rings. The van der Waals surface area contributed by atoms with Gasteiger partial charge in [-0.15, -0.1) is 0 Å². The lowest BCUT2D eigenvalue weighted by molar-refractivity contribution is 0.491. The third-order valence-electron chi connectivity index (χ3n) is 2.29. The molecule has 1 aromatic heterocycles. The Bertz CT molecular complexity index is 604. The number of nitrogens with two attached hydrogens (primary N) is 1. The van der Waals surface area contributed by atoms with Crippen molar-refractivity contribution in [3.8, 4) is 0 Å². The fraction of sp³-hybridized carbons (Fsp3) is 0.0909. The van der Waals surface area contributed by atoms with Gasteiger partial charge in [0.05, 0.1) is 11.9 Å². The van der Waals surface area contributed by atoms with E-state index in [-0.39, 0.29) is 23.5 Å². The molecule has 7 heteroatoms. The predicted molar refractivity (Wildman–Crippen MR) is 63.3 cm³/mol. The molecule has 0 radical (unpaired) electrons. The van der Waals surface area contributed by atoms with Gasteiger partial charge in [0.1, 0.15) is 16.2 Å². The summed E-state index contributed by atoms with van der Waals surface area (Å²) in [7, 11) is 0. The first-order chi connectivity index (χ1) is 8.47. The van der Waals surface area contributed by atoms with Crippen LogP contribution in [-0.2, 0) is 6.42 Å². The summed E-state index contributed by atoms with van der Waals surface area (Å²) >= 11 is 3.10. The molecule has 0 saturated carbocycles. The molecule has 0 atom stereocenters. The van der Waals surface area contributed by atoms with E-state index < -0.39 is 17.5 Å². The second-order valence-electron chi connectivity index (χ2n) is 3.56. The minimum atomic E-state index is -1.23. The average Bonchev–Trinajstić information content (AvgIpc) is 2.30. The highest BCUT2D eigenvalue weighted by molar-refractivity contribution is 9.10. The van der Waals surface area contributed by atoms with Crippen LogP contribution in [0.3, 0.4) is 0 Å². The van der Waals surface area contributed by atoms with Crippen LogP contribution in [0.1, 0.15) is 11.3 Å². The van der Waals surface area contributed by atoms with Gasteiger partial charge in [0.2, 0.25) is 0 Å². The highest BCUT2D eigenvalue weighted by Crippen LogP contribution is 2.19. The van der Waals surface area contributed by atoms with E-state index in [4.69, 9.17) is 5.73 Å². The summed E-state index contributed by atoms with van der Waals surface area (Å²) in [6, 6.07) is 1.28. The largest absolute Gasteiger partial charge is 0.382 e. The standard InChI is InChI=1S/C11H7BrF3N3/c12-10-4-17-11(16)9(18-10)2-5-1-7(14)8(15)3-6(5)13/h1,3-4H,2H2,(H2,16,17). The maximum Gasteiger partial charge on any atom is 0.161 e. The van der Waals surface area contributed by atoms with Crippen molar-refractivity contribution in [3.05, 3.63) is 51.6 Å². The average molecular weight is 318 g/mol. The van der Waals surface area contributed by atoms with Crippen LogP contribution in [-0.4, -0.2) is 9.97 Å². The van der Waals surface area contributed by atoms with Crippen molar-refractivity contribution < 1.29 is 13.2 Å². The van der Waals surface area contributed by atoms with Crippen molar-refractivity contribution in [1.29, 1.82) is 0 Å². The van der Waals surface area contributed by atoms with E-state index in [0.29, 0.717) is 10.7 Å². The lowest BCUT2D eigenvalue weighted by Crippen LogP contribution is -2.04. The summed E-state index contributed by atoms with van der Waals surface area (Å²) in [5, 5.41) is 0. The summed E-state index contributed by atoms with van der Waals surface area (Å²) in [6.07, 6.45) is 1.32. The van der Waals surface area contributed by atoms with Crippen molar-refractivity contribution in [2.75, 3.05) is 5.73 Å².